The van der Waals surface area contributed by atoms with Crippen molar-refractivity contribution in [3.8, 4) is 0 Å². The minimum absolute atomic E-state index is 0.0121. The van der Waals surface area contributed by atoms with Crippen LogP contribution < -0.4 is 0 Å². The topological polar surface area (TPSA) is 197 Å². The number of hydrogen-bond donors (Lipinski definition) is 7. The van der Waals surface area contributed by atoms with Crippen LogP contribution >= 0.6 is 0 Å². The number of fused-ring (bicyclic) bond motifs is 7. The molecule has 4 aliphatic heterocycles. The van der Waals surface area contributed by atoms with Crippen molar-refractivity contribution < 1.29 is 64.2 Å². The summed E-state index contributed by atoms with van der Waals surface area (Å²) in [5.41, 5.74) is 0.0608. The maximum Gasteiger partial charge on any atom is 0.187 e. The predicted molar refractivity (Wildman–Crippen MR) is 183 cm³/mol. The summed E-state index contributed by atoms with van der Waals surface area (Å²) in [5.74, 6) is 2.28. The minimum Gasteiger partial charge on any atom is -0.394 e. The molecule has 4 aliphatic carbocycles. The molecular formula is C39H64O13. The molecule has 8 aliphatic rings. The van der Waals surface area contributed by atoms with Gasteiger partial charge in [0.15, 0.2) is 18.4 Å². The Morgan fingerprint density at radius 1 is 0.692 bits per heavy atom. The van der Waals surface area contributed by atoms with Gasteiger partial charge in [0.05, 0.1) is 37.6 Å². The van der Waals surface area contributed by atoms with Crippen molar-refractivity contribution >= 4 is 0 Å². The highest BCUT2D eigenvalue weighted by atomic mass is 16.8. The minimum atomic E-state index is -1.63. The van der Waals surface area contributed by atoms with Gasteiger partial charge in [-0.3, -0.25) is 0 Å². The molecule has 0 bridgehead atoms. The lowest BCUT2D eigenvalue weighted by Crippen LogP contribution is -2.64. The molecule has 7 N–H and O–H groups in total. The van der Waals surface area contributed by atoms with Crippen LogP contribution in [0.1, 0.15) is 92.4 Å². The Morgan fingerprint density at radius 3 is 2.15 bits per heavy atom. The summed E-state index contributed by atoms with van der Waals surface area (Å²) in [7, 11) is 0. The number of hydrogen-bond acceptors (Lipinski definition) is 13. The SMILES string of the molecule is C[C@@H]1CC[C@@]2(OC1)O[C@H]1C[C@H]3[C@@H]4C[C@H](O)[C@H]5C[C@@H](O[C@@H]6O[C@H](CO)[C@@H](O)[C@H](O)[C@H]6O[C@@H]6O[C@@H](C)[C@H](O)[C@@H](O)[C@H]6O)CC[C@]5(C)[C@H]4CC[C@]3(C)[C@H]1[C@@H]2C. The third kappa shape index (κ3) is 5.89. The zero-order chi connectivity index (χ0) is 37.1. The molecular weight excluding hydrogens is 676 g/mol. The predicted octanol–water partition coefficient (Wildman–Crippen LogP) is 1.44. The fourth-order valence-corrected chi connectivity index (χ4v) is 13.2. The van der Waals surface area contributed by atoms with Gasteiger partial charge < -0.3 is 64.2 Å². The molecule has 8 rings (SSSR count). The van der Waals surface area contributed by atoms with Crippen molar-refractivity contribution in [2.75, 3.05) is 13.2 Å². The summed E-state index contributed by atoms with van der Waals surface area (Å²) in [5, 5.41) is 74.9. The van der Waals surface area contributed by atoms with Gasteiger partial charge in [-0.2, -0.15) is 0 Å². The summed E-state index contributed by atoms with van der Waals surface area (Å²) < 4.78 is 37.5. The van der Waals surface area contributed by atoms with Gasteiger partial charge in [0.1, 0.15) is 42.7 Å². The van der Waals surface area contributed by atoms with Crippen LogP contribution in [-0.2, 0) is 28.4 Å². The Kier molecular flexibility index (Phi) is 10.2. The van der Waals surface area contributed by atoms with E-state index in [1.807, 2.05) is 0 Å². The van der Waals surface area contributed by atoms with Gasteiger partial charge in [-0.25, -0.2) is 0 Å². The van der Waals surface area contributed by atoms with E-state index in [0.29, 0.717) is 48.3 Å². The van der Waals surface area contributed by atoms with Crippen molar-refractivity contribution in [1.29, 1.82) is 0 Å². The lowest BCUT2D eigenvalue weighted by Gasteiger charge is -2.62. The van der Waals surface area contributed by atoms with Gasteiger partial charge in [-0.15, -0.1) is 0 Å². The fourth-order valence-electron chi connectivity index (χ4n) is 13.2. The first-order valence-electron chi connectivity index (χ1n) is 20.2. The normalized spacial score (nSPS) is 60.5. The molecule has 4 heterocycles. The van der Waals surface area contributed by atoms with Gasteiger partial charge in [0.2, 0.25) is 0 Å². The monoisotopic (exact) mass is 740 g/mol. The second kappa shape index (κ2) is 13.8. The van der Waals surface area contributed by atoms with Crippen LogP contribution in [0.4, 0.5) is 0 Å². The fraction of sp³-hybridized carbons (Fsp3) is 1.00. The van der Waals surface area contributed by atoms with E-state index in [1.165, 1.54) is 6.92 Å². The van der Waals surface area contributed by atoms with Gasteiger partial charge >= 0.3 is 0 Å². The van der Waals surface area contributed by atoms with Crippen LogP contribution in [0.3, 0.4) is 0 Å². The Morgan fingerprint density at radius 2 is 1.44 bits per heavy atom. The molecule has 0 radical (unpaired) electrons. The van der Waals surface area contributed by atoms with E-state index in [9.17, 15) is 35.7 Å². The van der Waals surface area contributed by atoms with Crippen molar-refractivity contribution in [3.63, 3.8) is 0 Å². The lowest BCUT2D eigenvalue weighted by molar-refractivity contribution is -0.371. The summed E-state index contributed by atoms with van der Waals surface area (Å²) in [6, 6.07) is 0. The van der Waals surface area contributed by atoms with Gasteiger partial charge in [-0.05, 0) is 105 Å². The second-order valence-corrected chi connectivity index (χ2v) is 18.8. The summed E-state index contributed by atoms with van der Waals surface area (Å²) in [4.78, 5) is 0. The van der Waals surface area contributed by atoms with Gasteiger partial charge in [0, 0.05) is 12.3 Å². The van der Waals surface area contributed by atoms with Crippen molar-refractivity contribution in [2.45, 2.75) is 178 Å². The molecule has 0 aromatic heterocycles. The summed E-state index contributed by atoms with van der Waals surface area (Å²) >= 11 is 0. The highest BCUT2D eigenvalue weighted by Gasteiger charge is 2.70. The molecule has 0 aromatic carbocycles. The van der Waals surface area contributed by atoms with Crippen LogP contribution in [-0.4, -0.2) is 134 Å². The van der Waals surface area contributed by atoms with Crippen molar-refractivity contribution in [3.05, 3.63) is 0 Å². The third-order valence-electron chi connectivity index (χ3n) is 16.1. The zero-order valence-electron chi connectivity index (χ0n) is 31.4. The van der Waals surface area contributed by atoms with Crippen molar-refractivity contribution in [2.24, 2.45) is 52.3 Å². The molecule has 0 aromatic rings. The first-order chi connectivity index (χ1) is 24.6. The lowest BCUT2D eigenvalue weighted by atomic mass is 9.43. The molecule has 13 nitrogen and oxygen atoms in total. The van der Waals surface area contributed by atoms with Crippen LogP contribution in [0.5, 0.6) is 0 Å². The molecule has 1 spiro atoms. The highest BCUT2D eigenvalue weighted by molar-refractivity contribution is 5.16. The molecule has 0 amide bonds. The number of aliphatic hydroxyl groups is 7. The second-order valence-electron chi connectivity index (χ2n) is 18.8. The van der Waals surface area contributed by atoms with E-state index in [1.54, 1.807) is 0 Å². The van der Waals surface area contributed by atoms with Crippen LogP contribution in [0.2, 0.25) is 0 Å². The largest absolute Gasteiger partial charge is 0.394 e. The molecule has 8 fully saturated rings. The zero-order valence-corrected chi connectivity index (χ0v) is 31.4. The van der Waals surface area contributed by atoms with E-state index in [2.05, 4.69) is 27.7 Å². The smallest absolute Gasteiger partial charge is 0.187 e. The molecule has 23 atom stereocenters. The molecule has 0 unspecified atom stereocenters. The van der Waals surface area contributed by atoms with E-state index < -0.39 is 79.9 Å². The third-order valence-corrected chi connectivity index (χ3v) is 16.1. The standard InChI is InChI=1S/C39H64O13/c1-17-6-11-39(47-16-17)18(2)28-26(52-39)14-23-21-13-25(41)24-12-20(7-9-37(24,4)22(21)8-10-38(23,28)5)49-36-34(32(45)30(43)27(15-40)50-36)51-35-33(46)31(44)29(42)19(3)48-35/h17-36,40-46H,6-16H2,1-5H3/t17-,18+,19+,20+,21-,22+,23+,24-,25+,26+,27-,28+,29+,30-,31-,32+,33-,34-,35+,36-,37-,38+,39-/m1/s1. The Labute approximate surface area is 307 Å². The maximum atomic E-state index is 12.0. The number of rotatable bonds is 5. The molecule has 298 valence electrons. The first kappa shape index (κ1) is 38.4. The van der Waals surface area contributed by atoms with E-state index in [4.69, 9.17) is 28.4 Å². The van der Waals surface area contributed by atoms with E-state index >= 15 is 0 Å². The Balaban J connectivity index is 0.961. The molecule has 4 saturated heterocycles. The van der Waals surface area contributed by atoms with Gasteiger partial charge in [0.25, 0.3) is 0 Å². The van der Waals surface area contributed by atoms with Gasteiger partial charge in [-0.1, -0.05) is 27.7 Å². The van der Waals surface area contributed by atoms with E-state index in [0.717, 1.165) is 51.6 Å². The molecule has 4 saturated carbocycles. The first-order valence-corrected chi connectivity index (χ1v) is 20.2. The average Bonchev–Trinajstić information content (AvgIpc) is 3.56. The summed E-state index contributed by atoms with van der Waals surface area (Å²) in [6.45, 7) is 11.2. The van der Waals surface area contributed by atoms with Crippen molar-refractivity contribution in [1.82, 2.24) is 0 Å². The Bertz CT molecular complexity index is 1280. The quantitative estimate of drug-likeness (QED) is 0.200. The number of ether oxygens (including phenoxy) is 6. The molecule has 13 heteroatoms. The summed E-state index contributed by atoms with van der Waals surface area (Å²) in [6.07, 6.45) is -6.08. The van der Waals surface area contributed by atoms with Crippen LogP contribution in [0, 0.1) is 52.3 Å². The van der Waals surface area contributed by atoms with Crippen LogP contribution in [0.15, 0.2) is 0 Å². The maximum absolute atomic E-state index is 12.0. The average molecular weight is 741 g/mol. The molecule has 52 heavy (non-hydrogen) atoms. The van der Waals surface area contributed by atoms with E-state index in [-0.39, 0.29) is 29.0 Å². The highest BCUT2D eigenvalue weighted by Crippen LogP contribution is 2.71. The Hall–Kier alpha value is -0.520. The van der Waals surface area contributed by atoms with Crippen LogP contribution in [0.25, 0.3) is 0 Å². The number of aliphatic hydroxyl groups excluding tert-OH is 7.